The lowest BCUT2D eigenvalue weighted by molar-refractivity contribution is 0.0946. The van der Waals surface area contributed by atoms with Gasteiger partial charge in [0.25, 0.3) is 5.91 Å². The Hall–Kier alpha value is -2.47. The molecule has 0 bridgehead atoms. The average molecular weight is 327 g/mol. The highest BCUT2D eigenvalue weighted by molar-refractivity contribution is 5.92. The van der Waals surface area contributed by atoms with Crippen LogP contribution >= 0.6 is 0 Å². The molecule has 1 heterocycles. The number of nitrogens with zero attached hydrogens (tertiary/aromatic N) is 3. The van der Waals surface area contributed by atoms with Gasteiger partial charge in [-0.2, -0.15) is 0 Å². The normalized spacial score (nSPS) is 10.8. The summed E-state index contributed by atoms with van der Waals surface area (Å²) in [6.45, 7) is 7.27. The first kappa shape index (κ1) is 17.9. The van der Waals surface area contributed by atoms with E-state index in [9.17, 15) is 4.79 Å². The third-order valence-corrected chi connectivity index (χ3v) is 3.65. The van der Waals surface area contributed by atoms with Crippen molar-refractivity contribution in [2.45, 2.75) is 20.8 Å². The Bertz CT molecular complexity index is 707. The highest BCUT2D eigenvalue weighted by Crippen LogP contribution is 2.22. The summed E-state index contributed by atoms with van der Waals surface area (Å²) in [6.07, 6.45) is 0. The SMILES string of the molecule is Cc1cc(C(=O)NCCN(C)C)nc(Nc2c(C)cccc2C)n1. The van der Waals surface area contributed by atoms with E-state index in [0.717, 1.165) is 29.1 Å². The van der Waals surface area contributed by atoms with Gasteiger partial charge >= 0.3 is 0 Å². The molecule has 6 nitrogen and oxygen atoms in total. The summed E-state index contributed by atoms with van der Waals surface area (Å²) < 4.78 is 0. The van der Waals surface area contributed by atoms with Gasteiger partial charge in [-0.3, -0.25) is 4.79 Å². The fourth-order valence-corrected chi connectivity index (χ4v) is 2.35. The van der Waals surface area contributed by atoms with Gasteiger partial charge in [0.15, 0.2) is 0 Å². The van der Waals surface area contributed by atoms with Gasteiger partial charge in [-0.15, -0.1) is 0 Å². The number of rotatable bonds is 6. The summed E-state index contributed by atoms with van der Waals surface area (Å²) in [5.74, 6) is 0.247. The number of likely N-dealkylation sites (N-methyl/N-ethyl adjacent to an activating group) is 1. The molecule has 24 heavy (non-hydrogen) atoms. The first-order chi connectivity index (χ1) is 11.4. The van der Waals surface area contributed by atoms with E-state index < -0.39 is 0 Å². The molecule has 2 aromatic rings. The van der Waals surface area contributed by atoms with Crippen molar-refractivity contribution in [2.24, 2.45) is 0 Å². The van der Waals surface area contributed by atoms with Gasteiger partial charge in [0.2, 0.25) is 5.95 Å². The Morgan fingerprint density at radius 3 is 2.42 bits per heavy atom. The van der Waals surface area contributed by atoms with Gasteiger partial charge in [-0.1, -0.05) is 18.2 Å². The van der Waals surface area contributed by atoms with Crippen LogP contribution in [-0.4, -0.2) is 48.0 Å². The van der Waals surface area contributed by atoms with Crippen molar-refractivity contribution in [1.29, 1.82) is 0 Å². The van der Waals surface area contributed by atoms with Gasteiger partial charge in [-0.25, -0.2) is 9.97 Å². The van der Waals surface area contributed by atoms with E-state index in [0.29, 0.717) is 18.2 Å². The first-order valence-corrected chi connectivity index (χ1v) is 7.98. The summed E-state index contributed by atoms with van der Waals surface area (Å²) in [4.78, 5) is 23.0. The number of aryl methyl sites for hydroxylation is 3. The molecule has 1 aromatic carbocycles. The van der Waals surface area contributed by atoms with Crippen LogP contribution in [0.15, 0.2) is 24.3 Å². The van der Waals surface area contributed by atoms with Gasteiger partial charge < -0.3 is 15.5 Å². The molecular formula is C18H25N5O. The number of para-hydroxylation sites is 1. The molecule has 6 heteroatoms. The number of aromatic nitrogens is 2. The quantitative estimate of drug-likeness (QED) is 0.853. The summed E-state index contributed by atoms with van der Waals surface area (Å²) in [7, 11) is 3.93. The predicted octanol–water partition coefficient (Wildman–Crippen LogP) is 2.44. The van der Waals surface area contributed by atoms with Crippen molar-refractivity contribution in [3.8, 4) is 0 Å². The lowest BCUT2D eigenvalue weighted by atomic mass is 10.1. The molecule has 1 amide bonds. The monoisotopic (exact) mass is 327 g/mol. The molecule has 0 aliphatic carbocycles. The van der Waals surface area contributed by atoms with Crippen LogP contribution in [0, 0.1) is 20.8 Å². The zero-order valence-electron chi connectivity index (χ0n) is 15.0. The molecular weight excluding hydrogens is 302 g/mol. The molecule has 0 radical (unpaired) electrons. The Morgan fingerprint density at radius 1 is 1.12 bits per heavy atom. The maximum atomic E-state index is 12.3. The van der Waals surface area contributed by atoms with Gasteiger partial charge in [-0.05, 0) is 52.1 Å². The summed E-state index contributed by atoms with van der Waals surface area (Å²) in [5, 5.41) is 6.11. The van der Waals surface area contributed by atoms with Crippen molar-refractivity contribution in [2.75, 3.05) is 32.5 Å². The van der Waals surface area contributed by atoms with E-state index in [1.165, 1.54) is 0 Å². The van der Waals surface area contributed by atoms with Crippen LogP contribution < -0.4 is 10.6 Å². The van der Waals surface area contributed by atoms with Gasteiger partial charge in [0, 0.05) is 24.5 Å². The van der Waals surface area contributed by atoms with Gasteiger partial charge in [0.1, 0.15) is 5.69 Å². The van der Waals surface area contributed by atoms with Crippen molar-refractivity contribution < 1.29 is 4.79 Å². The molecule has 0 aliphatic rings. The zero-order chi connectivity index (χ0) is 17.7. The van der Waals surface area contributed by atoms with Gasteiger partial charge in [0.05, 0.1) is 0 Å². The minimum Gasteiger partial charge on any atom is -0.349 e. The molecule has 0 saturated carbocycles. The molecule has 128 valence electrons. The third kappa shape index (κ3) is 4.76. The number of anilines is 2. The van der Waals surface area contributed by atoms with Crippen LogP contribution in [0.2, 0.25) is 0 Å². The minimum absolute atomic E-state index is 0.188. The fourth-order valence-electron chi connectivity index (χ4n) is 2.35. The van der Waals surface area contributed by atoms with Crippen molar-refractivity contribution in [1.82, 2.24) is 20.2 Å². The molecule has 0 saturated heterocycles. The minimum atomic E-state index is -0.188. The van der Waals surface area contributed by atoms with Crippen molar-refractivity contribution in [3.05, 3.63) is 46.8 Å². The lowest BCUT2D eigenvalue weighted by Gasteiger charge is -2.13. The largest absolute Gasteiger partial charge is 0.349 e. The molecule has 0 aliphatic heterocycles. The number of benzene rings is 1. The molecule has 0 unspecified atom stereocenters. The van der Waals surface area contributed by atoms with E-state index in [2.05, 4.69) is 20.6 Å². The fraction of sp³-hybridized carbons (Fsp3) is 0.389. The number of carbonyl (C=O) groups is 1. The molecule has 0 atom stereocenters. The van der Waals surface area contributed by atoms with Crippen LogP contribution in [0.1, 0.15) is 27.3 Å². The molecule has 0 fully saturated rings. The maximum absolute atomic E-state index is 12.3. The van der Waals surface area contributed by atoms with Crippen LogP contribution in [0.3, 0.4) is 0 Å². The Morgan fingerprint density at radius 2 is 1.79 bits per heavy atom. The second kappa shape index (κ2) is 7.88. The standard InChI is InChI=1S/C18H25N5O/c1-12-7-6-8-13(2)16(12)22-18-20-14(3)11-15(21-18)17(24)19-9-10-23(4)5/h6-8,11H,9-10H2,1-5H3,(H,19,24)(H,20,21,22). The number of hydrogen-bond acceptors (Lipinski definition) is 5. The average Bonchev–Trinajstić information content (AvgIpc) is 2.50. The van der Waals surface area contributed by atoms with Crippen molar-refractivity contribution in [3.63, 3.8) is 0 Å². The van der Waals surface area contributed by atoms with Crippen LogP contribution in [-0.2, 0) is 0 Å². The topological polar surface area (TPSA) is 70.2 Å². The Balaban J connectivity index is 2.18. The summed E-state index contributed by atoms with van der Waals surface area (Å²) >= 11 is 0. The van der Waals surface area contributed by atoms with Crippen molar-refractivity contribution >= 4 is 17.5 Å². The summed E-state index contributed by atoms with van der Waals surface area (Å²) in [5.41, 5.74) is 4.31. The second-order valence-corrected chi connectivity index (χ2v) is 6.17. The van der Waals surface area contributed by atoms with E-state index in [4.69, 9.17) is 0 Å². The number of nitrogens with one attached hydrogen (secondary N) is 2. The van der Waals surface area contributed by atoms with E-state index in [1.54, 1.807) is 6.07 Å². The highest BCUT2D eigenvalue weighted by Gasteiger charge is 2.12. The number of carbonyl (C=O) groups excluding carboxylic acids is 1. The van der Waals surface area contributed by atoms with Crippen LogP contribution in [0.25, 0.3) is 0 Å². The molecule has 0 spiro atoms. The lowest BCUT2D eigenvalue weighted by Crippen LogP contribution is -2.32. The number of hydrogen-bond donors (Lipinski definition) is 2. The summed E-state index contributed by atoms with van der Waals surface area (Å²) in [6, 6.07) is 7.76. The highest BCUT2D eigenvalue weighted by atomic mass is 16.1. The third-order valence-electron chi connectivity index (χ3n) is 3.65. The Labute approximate surface area is 143 Å². The van der Waals surface area contributed by atoms with E-state index in [-0.39, 0.29) is 5.91 Å². The first-order valence-electron chi connectivity index (χ1n) is 7.98. The zero-order valence-corrected chi connectivity index (χ0v) is 15.0. The molecule has 1 aromatic heterocycles. The second-order valence-electron chi connectivity index (χ2n) is 6.17. The smallest absolute Gasteiger partial charge is 0.270 e. The van der Waals surface area contributed by atoms with E-state index >= 15 is 0 Å². The maximum Gasteiger partial charge on any atom is 0.270 e. The van der Waals surface area contributed by atoms with Crippen LogP contribution in [0.5, 0.6) is 0 Å². The van der Waals surface area contributed by atoms with Crippen LogP contribution in [0.4, 0.5) is 11.6 Å². The predicted molar refractivity (Wildman–Crippen MR) is 96.9 cm³/mol. The number of amides is 1. The van der Waals surface area contributed by atoms with E-state index in [1.807, 2.05) is 58.0 Å². The Kier molecular flexibility index (Phi) is 5.87. The molecule has 2 rings (SSSR count). The molecule has 2 N–H and O–H groups in total.